The largest absolute Gasteiger partial charge is 0.493 e. The quantitative estimate of drug-likeness (QED) is 0.814. The second-order valence-electron chi connectivity index (χ2n) is 3.83. The van der Waals surface area contributed by atoms with E-state index in [1.165, 1.54) is 5.56 Å². The van der Waals surface area contributed by atoms with Gasteiger partial charge in [0.15, 0.2) is 0 Å². The van der Waals surface area contributed by atoms with Gasteiger partial charge in [-0.15, -0.1) is 0 Å². The summed E-state index contributed by atoms with van der Waals surface area (Å²) in [5.41, 5.74) is 8.12. The van der Waals surface area contributed by atoms with Gasteiger partial charge in [0.05, 0.1) is 6.61 Å². The van der Waals surface area contributed by atoms with Crippen molar-refractivity contribution in [2.45, 2.75) is 25.8 Å². The van der Waals surface area contributed by atoms with Gasteiger partial charge in [-0.3, -0.25) is 0 Å². The molecule has 1 atom stereocenters. The molecule has 1 aliphatic rings. The van der Waals surface area contributed by atoms with Crippen molar-refractivity contribution >= 4 is 11.6 Å². The van der Waals surface area contributed by atoms with Crippen molar-refractivity contribution < 1.29 is 4.74 Å². The third-order valence-electron chi connectivity index (χ3n) is 2.37. The molecule has 2 N–H and O–H groups in total. The van der Waals surface area contributed by atoms with E-state index in [1.54, 1.807) is 0 Å². The first-order chi connectivity index (χ1) is 6.66. The second kappa shape index (κ2) is 3.79. The first-order valence-corrected chi connectivity index (χ1v) is 5.24. The van der Waals surface area contributed by atoms with Crippen LogP contribution in [0.4, 0.5) is 0 Å². The van der Waals surface area contributed by atoms with Crippen LogP contribution in [0.15, 0.2) is 12.1 Å². The Morgan fingerprint density at radius 2 is 2.36 bits per heavy atom. The van der Waals surface area contributed by atoms with Gasteiger partial charge in [-0.2, -0.15) is 0 Å². The highest BCUT2D eigenvalue weighted by Gasteiger charge is 2.17. The molecule has 1 unspecified atom stereocenters. The van der Waals surface area contributed by atoms with Crippen LogP contribution in [0.1, 0.15) is 18.1 Å². The molecule has 1 heterocycles. The Kier molecular flexibility index (Phi) is 2.66. The van der Waals surface area contributed by atoms with E-state index in [4.69, 9.17) is 22.1 Å². The maximum Gasteiger partial charge on any atom is 0.125 e. The highest BCUT2D eigenvalue weighted by Crippen LogP contribution is 2.33. The fourth-order valence-corrected chi connectivity index (χ4v) is 2.11. The zero-order valence-electron chi connectivity index (χ0n) is 8.22. The highest BCUT2D eigenvalue weighted by molar-refractivity contribution is 6.30. The van der Waals surface area contributed by atoms with Gasteiger partial charge in [-0.25, -0.2) is 0 Å². The molecular weight excluding hydrogens is 198 g/mol. The molecule has 3 heteroatoms. The molecule has 1 aromatic carbocycles. The predicted octanol–water partition coefficient (Wildman–Crippen LogP) is 2.16. The topological polar surface area (TPSA) is 35.2 Å². The van der Waals surface area contributed by atoms with E-state index in [1.807, 2.05) is 19.1 Å². The number of nitrogens with two attached hydrogens (primary N) is 1. The van der Waals surface area contributed by atoms with E-state index in [0.717, 1.165) is 35.8 Å². The van der Waals surface area contributed by atoms with E-state index >= 15 is 0 Å². The average molecular weight is 212 g/mol. The Morgan fingerprint density at radius 3 is 3.07 bits per heavy atom. The van der Waals surface area contributed by atoms with Crippen molar-refractivity contribution in [3.8, 4) is 5.75 Å². The van der Waals surface area contributed by atoms with Crippen LogP contribution in [-0.2, 0) is 12.8 Å². The van der Waals surface area contributed by atoms with Gasteiger partial charge < -0.3 is 10.5 Å². The Hall–Kier alpha value is -0.730. The summed E-state index contributed by atoms with van der Waals surface area (Å²) in [4.78, 5) is 0. The van der Waals surface area contributed by atoms with Crippen LogP contribution < -0.4 is 10.5 Å². The van der Waals surface area contributed by atoms with Gasteiger partial charge >= 0.3 is 0 Å². The van der Waals surface area contributed by atoms with Crippen molar-refractivity contribution in [1.29, 1.82) is 0 Å². The summed E-state index contributed by atoms with van der Waals surface area (Å²) in [6.45, 7) is 2.75. The van der Waals surface area contributed by atoms with Crippen LogP contribution >= 0.6 is 11.6 Å². The summed E-state index contributed by atoms with van der Waals surface area (Å²) < 4.78 is 5.57. The van der Waals surface area contributed by atoms with Crippen LogP contribution in [0.5, 0.6) is 5.75 Å². The maximum atomic E-state index is 6.02. The van der Waals surface area contributed by atoms with E-state index in [2.05, 4.69) is 0 Å². The maximum absolute atomic E-state index is 6.02. The zero-order chi connectivity index (χ0) is 10.1. The minimum atomic E-state index is 0.141. The average Bonchev–Trinajstić information content (AvgIpc) is 2.50. The molecule has 0 aliphatic carbocycles. The predicted molar refractivity (Wildman–Crippen MR) is 58.0 cm³/mol. The first kappa shape index (κ1) is 9.81. The summed E-state index contributed by atoms with van der Waals surface area (Å²) in [5, 5.41) is 0.782. The number of ether oxygens (including phenoxy) is 1. The molecule has 14 heavy (non-hydrogen) atoms. The van der Waals surface area contributed by atoms with Gasteiger partial charge in [0.25, 0.3) is 0 Å². The van der Waals surface area contributed by atoms with Crippen LogP contribution in [-0.4, -0.2) is 12.6 Å². The summed E-state index contributed by atoms with van der Waals surface area (Å²) in [6, 6.07) is 4.07. The lowest BCUT2D eigenvalue weighted by Crippen LogP contribution is -2.18. The number of hydrogen-bond donors (Lipinski definition) is 1. The van der Waals surface area contributed by atoms with Crippen molar-refractivity contribution in [3.05, 3.63) is 28.3 Å². The molecule has 0 saturated heterocycles. The van der Waals surface area contributed by atoms with E-state index in [-0.39, 0.29) is 6.04 Å². The van der Waals surface area contributed by atoms with Gasteiger partial charge in [-0.05, 0) is 36.6 Å². The summed E-state index contributed by atoms with van der Waals surface area (Å²) in [7, 11) is 0. The molecule has 0 radical (unpaired) electrons. The standard InChI is InChI=1S/C11H14ClNO/c1-7(13)4-9-6-10(12)5-8-2-3-14-11(8)9/h5-7H,2-4,13H2,1H3. The minimum absolute atomic E-state index is 0.141. The number of halogens is 1. The molecule has 0 saturated carbocycles. The fraction of sp³-hybridized carbons (Fsp3) is 0.455. The number of fused-ring (bicyclic) bond motifs is 1. The van der Waals surface area contributed by atoms with Crippen LogP contribution in [0, 0.1) is 0 Å². The molecule has 0 spiro atoms. The van der Waals surface area contributed by atoms with Gasteiger partial charge in [0.2, 0.25) is 0 Å². The minimum Gasteiger partial charge on any atom is -0.493 e. The zero-order valence-corrected chi connectivity index (χ0v) is 8.97. The van der Waals surface area contributed by atoms with Gasteiger partial charge in [0, 0.05) is 17.5 Å². The molecule has 2 nitrogen and oxygen atoms in total. The molecule has 0 fully saturated rings. The Balaban J connectivity index is 2.38. The van der Waals surface area contributed by atoms with E-state index in [0.29, 0.717) is 0 Å². The Morgan fingerprint density at radius 1 is 1.57 bits per heavy atom. The van der Waals surface area contributed by atoms with Crippen LogP contribution in [0.25, 0.3) is 0 Å². The molecule has 1 aromatic rings. The van der Waals surface area contributed by atoms with E-state index < -0.39 is 0 Å². The van der Waals surface area contributed by atoms with Crippen LogP contribution in [0.2, 0.25) is 5.02 Å². The Labute approximate surface area is 89.0 Å². The molecule has 76 valence electrons. The smallest absolute Gasteiger partial charge is 0.125 e. The number of benzene rings is 1. The van der Waals surface area contributed by atoms with Gasteiger partial charge in [-0.1, -0.05) is 11.6 Å². The third-order valence-corrected chi connectivity index (χ3v) is 2.59. The van der Waals surface area contributed by atoms with Crippen molar-refractivity contribution in [3.63, 3.8) is 0 Å². The lowest BCUT2D eigenvalue weighted by atomic mass is 10.0. The lowest BCUT2D eigenvalue weighted by Gasteiger charge is -2.10. The lowest BCUT2D eigenvalue weighted by molar-refractivity contribution is 0.352. The Bertz CT molecular complexity index is 349. The van der Waals surface area contributed by atoms with Crippen LogP contribution in [0.3, 0.4) is 0 Å². The van der Waals surface area contributed by atoms with E-state index in [9.17, 15) is 0 Å². The third kappa shape index (κ3) is 1.86. The molecular formula is C11H14ClNO. The van der Waals surface area contributed by atoms with Crippen molar-refractivity contribution in [1.82, 2.24) is 0 Å². The second-order valence-corrected chi connectivity index (χ2v) is 4.27. The highest BCUT2D eigenvalue weighted by atomic mass is 35.5. The monoisotopic (exact) mass is 211 g/mol. The van der Waals surface area contributed by atoms with Crippen molar-refractivity contribution in [2.24, 2.45) is 5.73 Å². The summed E-state index contributed by atoms with van der Waals surface area (Å²) in [5.74, 6) is 1.01. The molecule has 0 aromatic heterocycles. The summed E-state index contributed by atoms with van der Waals surface area (Å²) >= 11 is 6.02. The molecule has 2 rings (SSSR count). The molecule has 0 amide bonds. The summed E-state index contributed by atoms with van der Waals surface area (Å²) in [6.07, 6.45) is 1.78. The molecule has 0 bridgehead atoms. The SMILES string of the molecule is CC(N)Cc1cc(Cl)cc2c1OCC2. The van der Waals surface area contributed by atoms with Gasteiger partial charge in [0.1, 0.15) is 5.75 Å². The number of hydrogen-bond acceptors (Lipinski definition) is 2. The fourth-order valence-electron chi connectivity index (χ4n) is 1.84. The number of rotatable bonds is 2. The first-order valence-electron chi connectivity index (χ1n) is 4.86. The van der Waals surface area contributed by atoms with Crippen molar-refractivity contribution in [2.75, 3.05) is 6.61 Å². The normalized spacial score (nSPS) is 16.2. The molecule has 1 aliphatic heterocycles.